The first kappa shape index (κ1) is 14.2. The van der Waals surface area contributed by atoms with Gasteiger partial charge in [-0.1, -0.05) is 12.1 Å². The molecule has 0 atom stereocenters. The Hall–Kier alpha value is -2.44. The van der Waals surface area contributed by atoms with Gasteiger partial charge >= 0.3 is 0 Å². The number of nitrogens with one attached hydrogen (secondary N) is 1. The molecule has 3 heterocycles. The molecule has 0 aliphatic heterocycles. The van der Waals surface area contributed by atoms with Gasteiger partial charge in [0.15, 0.2) is 0 Å². The molecule has 0 bridgehead atoms. The van der Waals surface area contributed by atoms with Crippen molar-refractivity contribution in [2.75, 3.05) is 0 Å². The Bertz CT molecular complexity index is 1080. The Morgan fingerprint density at radius 1 is 1.22 bits per heavy atom. The van der Waals surface area contributed by atoms with Crippen LogP contribution in [0.3, 0.4) is 0 Å². The average Bonchev–Trinajstić information content (AvgIpc) is 3.13. The monoisotopic (exact) mass is 340 g/mol. The molecule has 23 heavy (non-hydrogen) atoms. The minimum Gasteiger partial charge on any atom is -0.508 e. The lowest BCUT2D eigenvalue weighted by molar-refractivity contribution is 0.475. The van der Waals surface area contributed by atoms with Crippen molar-refractivity contribution in [3.8, 4) is 27.6 Å². The average molecular weight is 340 g/mol. The quantitative estimate of drug-likeness (QED) is 0.568. The normalized spacial score (nSPS) is 11.2. The van der Waals surface area contributed by atoms with E-state index in [1.54, 1.807) is 35.6 Å². The number of rotatable bonds is 2. The van der Waals surface area contributed by atoms with E-state index in [0.29, 0.717) is 21.6 Å². The lowest BCUT2D eigenvalue weighted by Crippen LogP contribution is -2.08. The number of aromatic hydroxyl groups is 1. The first-order valence-corrected chi connectivity index (χ1v) is 8.69. The molecule has 114 valence electrons. The van der Waals surface area contributed by atoms with Gasteiger partial charge in [0.25, 0.3) is 5.56 Å². The van der Waals surface area contributed by atoms with Crippen molar-refractivity contribution >= 4 is 32.9 Å². The van der Waals surface area contributed by atoms with Crippen LogP contribution in [0.4, 0.5) is 0 Å². The standard InChI is InChI=1S/C17H12N2O2S2/c1-9-5-6-13(23-9)12-8-22-17-14(12)16(21)18-15(19-17)10-3-2-4-11(20)7-10/h2-8,20H,1H3,(H,18,19,21). The zero-order chi connectivity index (χ0) is 16.0. The third-order valence-corrected chi connectivity index (χ3v) is 5.48. The number of hydrogen-bond acceptors (Lipinski definition) is 5. The van der Waals surface area contributed by atoms with E-state index in [-0.39, 0.29) is 11.3 Å². The molecule has 4 aromatic rings. The highest BCUT2D eigenvalue weighted by atomic mass is 32.1. The second kappa shape index (κ2) is 5.33. The minimum atomic E-state index is -0.157. The summed E-state index contributed by atoms with van der Waals surface area (Å²) in [6.45, 7) is 2.05. The molecule has 0 aliphatic carbocycles. The van der Waals surface area contributed by atoms with Crippen molar-refractivity contribution < 1.29 is 5.11 Å². The second-order valence-electron chi connectivity index (χ2n) is 5.20. The van der Waals surface area contributed by atoms with Gasteiger partial charge in [0.05, 0.1) is 5.39 Å². The summed E-state index contributed by atoms with van der Waals surface area (Å²) in [5.74, 6) is 0.611. The van der Waals surface area contributed by atoms with Crippen molar-refractivity contribution in [2.24, 2.45) is 0 Å². The van der Waals surface area contributed by atoms with Gasteiger partial charge < -0.3 is 10.1 Å². The molecule has 0 unspecified atom stereocenters. The van der Waals surface area contributed by atoms with E-state index in [4.69, 9.17) is 0 Å². The molecule has 3 aromatic heterocycles. The van der Waals surface area contributed by atoms with Crippen molar-refractivity contribution in [3.05, 3.63) is 57.0 Å². The number of fused-ring (bicyclic) bond motifs is 1. The lowest BCUT2D eigenvalue weighted by Gasteiger charge is -2.02. The van der Waals surface area contributed by atoms with Crippen LogP contribution in [-0.2, 0) is 0 Å². The Balaban J connectivity index is 1.92. The highest BCUT2D eigenvalue weighted by Crippen LogP contribution is 2.35. The number of nitrogens with zero attached hydrogens (tertiary/aromatic N) is 1. The molecule has 6 heteroatoms. The number of aromatic nitrogens is 2. The molecule has 0 fully saturated rings. The van der Waals surface area contributed by atoms with Gasteiger partial charge in [-0.15, -0.1) is 22.7 Å². The SMILES string of the molecule is Cc1ccc(-c2csc3nc(-c4cccc(O)c4)[nH]c(=O)c23)s1. The number of phenolic OH excluding ortho intramolecular Hbond substituents is 1. The van der Waals surface area contributed by atoms with Gasteiger partial charge in [-0.3, -0.25) is 4.79 Å². The van der Waals surface area contributed by atoms with E-state index in [1.165, 1.54) is 16.2 Å². The van der Waals surface area contributed by atoms with Gasteiger partial charge in [-0.25, -0.2) is 4.98 Å². The van der Waals surface area contributed by atoms with Gasteiger partial charge in [0, 0.05) is 26.3 Å². The molecular weight excluding hydrogens is 328 g/mol. The van der Waals surface area contributed by atoms with Crippen LogP contribution in [0, 0.1) is 6.92 Å². The summed E-state index contributed by atoms with van der Waals surface area (Å²) in [7, 11) is 0. The molecule has 0 radical (unpaired) electrons. The summed E-state index contributed by atoms with van der Waals surface area (Å²) >= 11 is 3.12. The fourth-order valence-electron chi connectivity index (χ4n) is 2.50. The van der Waals surface area contributed by atoms with E-state index in [9.17, 15) is 9.90 Å². The lowest BCUT2D eigenvalue weighted by atomic mass is 10.2. The van der Waals surface area contributed by atoms with Crippen LogP contribution in [0.5, 0.6) is 5.75 Å². The van der Waals surface area contributed by atoms with Gasteiger partial charge in [0.2, 0.25) is 0 Å². The molecule has 2 N–H and O–H groups in total. The first-order chi connectivity index (χ1) is 11.1. The largest absolute Gasteiger partial charge is 0.508 e. The molecule has 0 saturated heterocycles. The Labute approximate surface area is 139 Å². The van der Waals surface area contributed by atoms with E-state index < -0.39 is 0 Å². The van der Waals surface area contributed by atoms with Crippen molar-refractivity contribution in [3.63, 3.8) is 0 Å². The highest BCUT2D eigenvalue weighted by molar-refractivity contribution is 7.19. The third kappa shape index (κ3) is 2.46. The number of H-pyrrole nitrogens is 1. The molecule has 4 rings (SSSR count). The molecule has 4 nitrogen and oxygen atoms in total. The molecule has 0 spiro atoms. The molecular formula is C17H12N2O2S2. The molecule has 0 amide bonds. The summed E-state index contributed by atoms with van der Waals surface area (Å²) in [6.07, 6.45) is 0. The van der Waals surface area contributed by atoms with E-state index in [0.717, 1.165) is 10.4 Å². The van der Waals surface area contributed by atoms with Crippen LogP contribution < -0.4 is 5.56 Å². The highest BCUT2D eigenvalue weighted by Gasteiger charge is 2.14. The van der Waals surface area contributed by atoms with Crippen molar-refractivity contribution in [1.29, 1.82) is 0 Å². The van der Waals surface area contributed by atoms with E-state index >= 15 is 0 Å². The number of hydrogen-bond donors (Lipinski definition) is 2. The van der Waals surface area contributed by atoms with Crippen LogP contribution in [0.2, 0.25) is 0 Å². The summed E-state index contributed by atoms with van der Waals surface area (Å²) < 4.78 is 0. The minimum absolute atomic E-state index is 0.145. The Morgan fingerprint density at radius 2 is 2.09 bits per heavy atom. The second-order valence-corrected chi connectivity index (χ2v) is 7.35. The summed E-state index contributed by atoms with van der Waals surface area (Å²) in [5, 5.41) is 12.2. The van der Waals surface area contributed by atoms with Crippen LogP contribution in [0.1, 0.15) is 4.88 Å². The number of aromatic amines is 1. The number of thiophene rings is 2. The maximum Gasteiger partial charge on any atom is 0.260 e. The van der Waals surface area contributed by atoms with Gasteiger partial charge in [-0.05, 0) is 31.2 Å². The predicted octanol–water partition coefficient (Wildman–Crippen LogP) is 4.39. The third-order valence-electron chi connectivity index (χ3n) is 3.57. The van der Waals surface area contributed by atoms with E-state index in [1.807, 2.05) is 24.4 Å². The number of benzene rings is 1. The van der Waals surface area contributed by atoms with Crippen LogP contribution >= 0.6 is 22.7 Å². The predicted molar refractivity (Wildman–Crippen MR) is 95.4 cm³/mol. The molecule has 1 aromatic carbocycles. The topological polar surface area (TPSA) is 66.0 Å². The zero-order valence-electron chi connectivity index (χ0n) is 12.2. The smallest absolute Gasteiger partial charge is 0.260 e. The van der Waals surface area contributed by atoms with Crippen molar-refractivity contribution in [2.45, 2.75) is 6.92 Å². The Kier molecular flexibility index (Phi) is 3.28. The molecule has 0 aliphatic rings. The summed E-state index contributed by atoms with van der Waals surface area (Å²) in [5.41, 5.74) is 1.46. The number of aryl methyl sites for hydroxylation is 1. The van der Waals surface area contributed by atoms with Crippen LogP contribution in [0.15, 0.2) is 46.6 Å². The number of phenols is 1. The maximum absolute atomic E-state index is 12.6. The van der Waals surface area contributed by atoms with Gasteiger partial charge in [0.1, 0.15) is 16.4 Å². The summed E-state index contributed by atoms with van der Waals surface area (Å²) in [6, 6.07) is 10.8. The molecule has 0 saturated carbocycles. The summed E-state index contributed by atoms with van der Waals surface area (Å²) in [4.78, 5) is 22.9. The fourth-order valence-corrected chi connectivity index (χ4v) is 4.40. The fraction of sp³-hybridized carbons (Fsp3) is 0.0588. The van der Waals surface area contributed by atoms with Gasteiger partial charge in [-0.2, -0.15) is 0 Å². The zero-order valence-corrected chi connectivity index (χ0v) is 13.8. The van der Waals surface area contributed by atoms with Crippen molar-refractivity contribution in [1.82, 2.24) is 9.97 Å². The van der Waals surface area contributed by atoms with E-state index in [2.05, 4.69) is 9.97 Å². The van der Waals surface area contributed by atoms with Crippen LogP contribution in [-0.4, -0.2) is 15.1 Å². The van der Waals surface area contributed by atoms with Crippen LogP contribution in [0.25, 0.3) is 32.0 Å². The Morgan fingerprint density at radius 3 is 2.83 bits per heavy atom. The maximum atomic E-state index is 12.6. The first-order valence-electron chi connectivity index (χ1n) is 6.99.